The van der Waals surface area contributed by atoms with Crippen molar-refractivity contribution in [3.63, 3.8) is 0 Å². The Morgan fingerprint density at radius 3 is 3.00 bits per heavy atom. The van der Waals surface area contributed by atoms with Gasteiger partial charge in [-0.1, -0.05) is 6.92 Å². The maximum absolute atomic E-state index is 11.4. The van der Waals surface area contributed by atoms with Crippen LogP contribution in [0.4, 0.5) is 5.82 Å². The summed E-state index contributed by atoms with van der Waals surface area (Å²) in [6.07, 6.45) is 2.57. The Hall–Kier alpha value is -1.45. The molecule has 1 aromatic heterocycles. The van der Waals surface area contributed by atoms with E-state index in [1.165, 1.54) is 0 Å². The van der Waals surface area contributed by atoms with Gasteiger partial charge in [0.2, 0.25) is 5.91 Å². The lowest BCUT2D eigenvalue weighted by atomic mass is 10.3. The van der Waals surface area contributed by atoms with Gasteiger partial charge in [-0.2, -0.15) is 5.10 Å². The average molecular weight is 177 g/mol. The normalized spacial score (nSPS) is 25.3. The highest BCUT2D eigenvalue weighted by Gasteiger charge is 2.39. The van der Waals surface area contributed by atoms with Crippen molar-refractivity contribution in [2.24, 2.45) is 11.8 Å². The van der Waals surface area contributed by atoms with E-state index in [1.54, 1.807) is 18.3 Å². The van der Waals surface area contributed by atoms with Gasteiger partial charge in [0.1, 0.15) is 0 Å². The van der Waals surface area contributed by atoms with E-state index < -0.39 is 0 Å². The molecule has 1 aliphatic carbocycles. The molecule has 0 saturated heterocycles. The minimum absolute atomic E-state index is 0.0630. The Labute approximate surface area is 76.4 Å². The number of carbonyl (C=O) groups is 1. The first kappa shape index (κ1) is 8.16. The molecule has 2 unspecified atom stereocenters. The zero-order valence-corrected chi connectivity index (χ0v) is 7.40. The molecule has 1 amide bonds. The van der Waals surface area contributed by atoms with Crippen LogP contribution < -0.4 is 5.32 Å². The van der Waals surface area contributed by atoms with Crippen LogP contribution in [-0.4, -0.2) is 16.1 Å². The molecule has 0 radical (unpaired) electrons. The molecule has 4 heteroatoms. The summed E-state index contributed by atoms with van der Waals surface area (Å²) in [4.78, 5) is 11.4. The molecule has 2 atom stereocenters. The summed E-state index contributed by atoms with van der Waals surface area (Å²) in [5, 5.41) is 10.2. The number of hydrogen-bond donors (Lipinski definition) is 1. The summed E-state index contributed by atoms with van der Waals surface area (Å²) in [7, 11) is 0. The van der Waals surface area contributed by atoms with Gasteiger partial charge in [-0.15, -0.1) is 5.10 Å². The third-order valence-corrected chi connectivity index (χ3v) is 2.27. The number of aromatic nitrogens is 2. The lowest BCUT2D eigenvalue weighted by molar-refractivity contribution is -0.117. The molecule has 4 nitrogen and oxygen atoms in total. The predicted molar refractivity (Wildman–Crippen MR) is 47.9 cm³/mol. The lowest BCUT2D eigenvalue weighted by Crippen LogP contribution is -2.15. The second-order valence-electron chi connectivity index (χ2n) is 3.42. The highest BCUT2D eigenvalue weighted by atomic mass is 16.2. The summed E-state index contributed by atoms with van der Waals surface area (Å²) in [5.41, 5.74) is 0. The maximum atomic E-state index is 11.4. The standard InChI is InChI=1S/C9H11N3O/c1-6-5-7(6)9(13)11-8-3-2-4-10-12-8/h2-4,6-7H,5H2,1H3,(H,11,12,13). The van der Waals surface area contributed by atoms with Gasteiger partial charge < -0.3 is 5.32 Å². The van der Waals surface area contributed by atoms with Crippen molar-refractivity contribution in [2.45, 2.75) is 13.3 Å². The number of hydrogen-bond acceptors (Lipinski definition) is 3. The van der Waals surface area contributed by atoms with Gasteiger partial charge >= 0.3 is 0 Å². The van der Waals surface area contributed by atoms with Crippen LogP contribution in [0.15, 0.2) is 18.3 Å². The highest BCUT2D eigenvalue weighted by molar-refractivity contribution is 5.93. The number of amides is 1. The molecule has 2 rings (SSSR count). The van der Waals surface area contributed by atoms with Gasteiger partial charge in [-0.05, 0) is 24.5 Å². The summed E-state index contributed by atoms with van der Waals surface area (Å²) in [6, 6.07) is 3.48. The van der Waals surface area contributed by atoms with Gasteiger partial charge in [0.15, 0.2) is 5.82 Å². The van der Waals surface area contributed by atoms with Crippen molar-refractivity contribution in [2.75, 3.05) is 5.32 Å². The molecular formula is C9H11N3O. The van der Waals surface area contributed by atoms with Gasteiger partial charge in [-0.3, -0.25) is 4.79 Å². The Kier molecular flexibility index (Phi) is 1.96. The van der Waals surface area contributed by atoms with Crippen molar-refractivity contribution in [1.29, 1.82) is 0 Å². The molecule has 1 fully saturated rings. The Morgan fingerprint density at radius 1 is 1.69 bits per heavy atom. The van der Waals surface area contributed by atoms with Crippen LogP contribution in [0.3, 0.4) is 0 Å². The fourth-order valence-electron chi connectivity index (χ4n) is 1.27. The number of anilines is 1. The summed E-state index contributed by atoms with van der Waals surface area (Å²) in [5.74, 6) is 1.30. The third kappa shape index (κ3) is 1.83. The lowest BCUT2D eigenvalue weighted by Gasteiger charge is -2.00. The average Bonchev–Trinajstić information content (AvgIpc) is 2.84. The second kappa shape index (κ2) is 3.12. The number of carbonyl (C=O) groups excluding carboxylic acids is 1. The van der Waals surface area contributed by atoms with E-state index in [2.05, 4.69) is 22.4 Å². The fraction of sp³-hybridized carbons (Fsp3) is 0.444. The van der Waals surface area contributed by atoms with E-state index in [0.29, 0.717) is 11.7 Å². The zero-order valence-electron chi connectivity index (χ0n) is 7.40. The quantitative estimate of drug-likeness (QED) is 0.735. The van der Waals surface area contributed by atoms with Gasteiger partial charge in [0.05, 0.1) is 0 Å². The topological polar surface area (TPSA) is 54.9 Å². The van der Waals surface area contributed by atoms with Crippen molar-refractivity contribution >= 4 is 11.7 Å². The third-order valence-electron chi connectivity index (χ3n) is 2.27. The van der Waals surface area contributed by atoms with Crippen LogP contribution in [0, 0.1) is 11.8 Å². The smallest absolute Gasteiger partial charge is 0.228 e. The van der Waals surface area contributed by atoms with E-state index in [4.69, 9.17) is 0 Å². The van der Waals surface area contributed by atoms with Gasteiger partial charge in [-0.25, -0.2) is 0 Å². The summed E-state index contributed by atoms with van der Waals surface area (Å²) >= 11 is 0. The molecule has 13 heavy (non-hydrogen) atoms. The first-order chi connectivity index (χ1) is 6.27. The van der Waals surface area contributed by atoms with Crippen LogP contribution in [0.25, 0.3) is 0 Å². The summed E-state index contributed by atoms with van der Waals surface area (Å²) in [6.45, 7) is 2.07. The van der Waals surface area contributed by atoms with Crippen LogP contribution in [0.1, 0.15) is 13.3 Å². The molecule has 0 aliphatic heterocycles. The van der Waals surface area contributed by atoms with Crippen LogP contribution in [0.2, 0.25) is 0 Å². The Balaban J connectivity index is 1.95. The largest absolute Gasteiger partial charge is 0.309 e. The molecule has 1 heterocycles. The molecule has 1 aliphatic rings. The van der Waals surface area contributed by atoms with E-state index in [0.717, 1.165) is 6.42 Å². The van der Waals surface area contributed by atoms with E-state index >= 15 is 0 Å². The van der Waals surface area contributed by atoms with Crippen LogP contribution >= 0.6 is 0 Å². The Bertz CT molecular complexity index is 312. The van der Waals surface area contributed by atoms with Crippen molar-refractivity contribution in [3.05, 3.63) is 18.3 Å². The Morgan fingerprint density at radius 2 is 2.46 bits per heavy atom. The first-order valence-corrected chi connectivity index (χ1v) is 4.36. The minimum atomic E-state index is 0.0630. The van der Waals surface area contributed by atoms with Crippen LogP contribution in [0.5, 0.6) is 0 Å². The molecule has 1 N–H and O–H groups in total. The minimum Gasteiger partial charge on any atom is -0.309 e. The molecule has 0 bridgehead atoms. The van der Waals surface area contributed by atoms with Crippen molar-refractivity contribution in [3.8, 4) is 0 Å². The van der Waals surface area contributed by atoms with E-state index in [9.17, 15) is 4.79 Å². The zero-order chi connectivity index (χ0) is 9.26. The maximum Gasteiger partial charge on any atom is 0.228 e. The SMILES string of the molecule is CC1CC1C(=O)Nc1cccnn1. The number of rotatable bonds is 2. The van der Waals surface area contributed by atoms with Gasteiger partial charge in [0.25, 0.3) is 0 Å². The van der Waals surface area contributed by atoms with E-state index in [1.807, 2.05) is 0 Å². The highest BCUT2D eigenvalue weighted by Crippen LogP contribution is 2.38. The van der Waals surface area contributed by atoms with Gasteiger partial charge in [0, 0.05) is 12.1 Å². The molecule has 68 valence electrons. The monoisotopic (exact) mass is 177 g/mol. The molecule has 0 aromatic carbocycles. The first-order valence-electron chi connectivity index (χ1n) is 4.36. The molecular weight excluding hydrogens is 166 g/mol. The van der Waals surface area contributed by atoms with E-state index in [-0.39, 0.29) is 11.8 Å². The number of nitrogens with zero attached hydrogens (tertiary/aromatic N) is 2. The molecule has 1 aromatic rings. The fourth-order valence-corrected chi connectivity index (χ4v) is 1.27. The number of nitrogens with one attached hydrogen (secondary N) is 1. The predicted octanol–water partition coefficient (Wildman–Crippen LogP) is 1.07. The van der Waals surface area contributed by atoms with Crippen LogP contribution in [-0.2, 0) is 4.79 Å². The molecule has 1 saturated carbocycles. The van der Waals surface area contributed by atoms with Crippen molar-refractivity contribution in [1.82, 2.24) is 10.2 Å². The molecule has 0 spiro atoms. The second-order valence-corrected chi connectivity index (χ2v) is 3.42. The van der Waals surface area contributed by atoms with Crippen molar-refractivity contribution < 1.29 is 4.79 Å². The summed E-state index contributed by atoms with van der Waals surface area (Å²) < 4.78 is 0.